The lowest BCUT2D eigenvalue weighted by Crippen LogP contribution is -2.31. The molecule has 2 unspecified atom stereocenters. The summed E-state index contributed by atoms with van der Waals surface area (Å²) in [5.41, 5.74) is 2.93. The lowest BCUT2D eigenvalue weighted by atomic mass is 10.1. The summed E-state index contributed by atoms with van der Waals surface area (Å²) in [6, 6.07) is 22.3. The summed E-state index contributed by atoms with van der Waals surface area (Å²) in [4.78, 5) is 33.8. The maximum absolute atomic E-state index is 13.6. The minimum absolute atomic E-state index is 0.130. The Labute approximate surface area is 229 Å². The van der Waals surface area contributed by atoms with Crippen LogP contribution in [0.15, 0.2) is 88.7 Å². The minimum atomic E-state index is -0.814. The number of thioether (sulfide) groups is 1. The molecule has 7 nitrogen and oxygen atoms in total. The van der Waals surface area contributed by atoms with Crippen LogP contribution >= 0.6 is 24.0 Å². The Morgan fingerprint density at radius 2 is 1.68 bits per heavy atom. The van der Waals surface area contributed by atoms with Gasteiger partial charge in [-0.05, 0) is 42.7 Å². The first-order valence-corrected chi connectivity index (χ1v) is 13.4. The summed E-state index contributed by atoms with van der Waals surface area (Å²) in [5.74, 6) is 0.0287. The van der Waals surface area contributed by atoms with Crippen LogP contribution in [0.2, 0.25) is 0 Å². The summed E-state index contributed by atoms with van der Waals surface area (Å²) < 4.78 is 1.89. The maximum Gasteiger partial charge on any atom is 0.267 e. The number of nitrogens with one attached hydrogen (secondary N) is 1. The molecule has 2 aromatic heterocycles. The molecule has 0 radical (unpaired) electrons. The van der Waals surface area contributed by atoms with E-state index in [2.05, 4.69) is 5.32 Å². The number of anilines is 1. The number of nitrogens with zero attached hydrogens (tertiary/aromatic N) is 3. The first kappa shape index (κ1) is 25.8. The monoisotopic (exact) mass is 542 g/mol. The van der Waals surface area contributed by atoms with E-state index in [0.717, 1.165) is 28.5 Å². The van der Waals surface area contributed by atoms with E-state index in [0.29, 0.717) is 20.7 Å². The molecule has 5 rings (SSSR count). The van der Waals surface area contributed by atoms with Gasteiger partial charge in [-0.25, -0.2) is 4.98 Å². The molecule has 0 bridgehead atoms. The summed E-state index contributed by atoms with van der Waals surface area (Å²) in [6.45, 7) is 3.93. The van der Waals surface area contributed by atoms with Crippen LogP contribution in [0.5, 0.6) is 0 Å². The van der Waals surface area contributed by atoms with Gasteiger partial charge in [-0.2, -0.15) is 0 Å². The van der Waals surface area contributed by atoms with E-state index in [4.69, 9.17) is 17.2 Å². The lowest BCUT2D eigenvalue weighted by Gasteiger charge is -2.23. The molecule has 1 fully saturated rings. The maximum atomic E-state index is 13.6. The van der Waals surface area contributed by atoms with Crippen LogP contribution in [-0.4, -0.2) is 36.2 Å². The molecular weight excluding hydrogens is 516 g/mol. The van der Waals surface area contributed by atoms with E-state index in [-0.39, 0.29) is 29.6 Å². The molecule has 192 valence electrons. The van der Waals surface area contributed by atoms with Crippen molar-refractivity contribution in [1.82, 2.24) is 14.3 Å². The number of hydrogen-bond acceptors (Lipinski definition) is 7. The van der Waals surface area contributed by atoms with Crippen molar-refractivity contribution in [3.63, 3.8) is 0 Å². The van der Waals surface area contributed by atoms with E-state index >= 15 is 0 Å². The van der Waals surface area contributed by atoms with E-state index in [9.17, 15) is 14.7 Å². The Balaban J connectivity index is 1.53. The third kappa shape index (κ3) is 5.00. The van der Waals surface area contributed by atoms with Crippen LogP contribution in [0.25, 0.3) is 11.7 Å². The fourth-order valence-corrected chi connectivity index (χ4v) is 5.79. The summed E-state index contributed by atoms with van der Waals surface area (Å²) in [6.07, 6.45) is 2.39. The molecule has 38 heavy (non-hydrogen) atoms. The number of fused-ring (bicyclic) bond motifs is 1. The summed E-state index contributed by atoms with van der Waals surface area (Å²) in [7, 11) is 0. The van der Waals surface area contributed by atoms with Crippen LogP contribution in [0.4, 0.5) is 5.82 Å². The lowest BCUT2D eigenvalue weighted by molar-refractivity contribution is -0.123. The van der Waals surface area contributed by atoms with Crippen molar-refractivity contribution >= 4 is 51.7 Å². The van der Waals surface area contributed by atoms with E-state index < -0.39 is 6.10 Å². The van der Waals surface area contributed by atoms with Crippen molar-refractivity contribution in [1.29, 1.82) is 0 Å². The Kier molecular flexibility index (Phi) is 7.42. The second-order valence-corrected chi connectivity index (χ2v) is 10.7. The number of thiocarbonyl (C=S) groups is 1. The molecule has 0 aliphatic carbocycles. The first-order valence-electron chi connectivity index (χ1n) is 12.2. The molecule has 1 amide bonds. The SMILES string of the molecule is Cc1cccn2c(=O)c(/C=C3\SC(=S)N(C(C)c4ccccc4)C3=O)c(NCC(O)c3ccccc3)nc12. The predicted molar refractivity (Wildman–Crippen MR) is 156 cm³/mol. The number of pyridine rings is 1. The average molecular weight is 543 g/mol. The van der Waals surface area contributed by atoms with Crippen LogP contribution in [0.1, 0.15) is 41.3 Å². The van der Waals surface area contributed by atoms with Gasteiger partial charge >= 0.3 is 0 Å². The zero-order valence-corrected chi connectivity index (χ0v) is 22.5. The Morgan fingerprint density at radius 1 is 1.03 bits per heavy atom. The fourth-order valence-electron chi connectivity index (χ4n) is 4.39. The molecular formula is C29H26N4O3S2. The quantitative estimate of drug-likeness (QED) is 0.248. The van der Waals surface area contributed by atoms with Crippen molar-refractivity contribution < 1.29 is 9.90 Å². The van der Waals surface area contributed by atoms with Gasteiger partial charge in [0, 0.05) is 12.7 Å². The van der Waals surface area contributed by atoms with Crippen molar-refractivity contribution in [3.8, 4) is 0 Å². The standard InChI is InChI=1S/C29H26N4O3S2/c1-18-10-9-15-32-26(18)31-25(30-17-23(34)21-13-7-4-8-14-21)22(27(32)35)16-24-28(36)33(29(37)38-24)19(2)20-11-5-3-6-12-20/h3-16,19,23,30,34H,17H2,1-2H3/b24-16-. The molecule has 3 heterocycles. The molecule has 1 aliphatic heterocycles. The van der Waals surface area contributed by atoms with Gasteiger partial charge in [0.1, 0.15) is 15.8 Å². The zero-order chi connectivity index (χ0) is 26.8. The number of aliphatic hydroxyl groups excluding tert-OH is 1. The van der Waals surface area contributed by atoms with Gasteiger partial charge in [0.2, 0.25) is 0 Å². The van der Waals surface area contributed by atoms with Gasteiger partial charge in [0.15, 0.2) is 0 Å². The van der Waals surface area contributed by atoms with Crippen molar-refractivity contribution in [2.75, 3.05) is 11.9 Å². The van der Waals surface area contributed by atoms with E-state index in [1.54, 1.807) is 23.2 Å². The Bertz CT molecular complexity index is 1600. The number of hydrogen-bond donors (Lipinski definition) is 2. The Morgan fingerprint density at radius 3 is 2.37 bits per heavy atom. The second-order valence-electron chi connectivity index (χ2n) is 9.01. The number of amides is 1. The molecule has 1 saturated heterocycles. The predicted octanol–water partition coefficient (Wildman–Crippen LogP) is 5.11. The van der Waals surface area contributed by atoms with Crippen LogP contribution in [0.3, 0.4) is 0 Å². The van der Waals surface area contributed by atoms with Gasteiger partial charge in [0.25, 0.3) is 11.5 Å². The van der Waals surface area contributed by atoms with Crippen molar-refractivity contribution in [2.45, 2.75) is 26.0 Å². The van der Waals surface area contributed by atoms with Crippen LogP contribution in [-0.2, 0) is 4.79 Å². The number of carbonyl (C=O) groups is 1. The minimum Gasteiger partial charge on any atom is -0.387 e. The van der Waals surface area contributed by atoms with Gasteiger partial charge in [0.05, 0.1) is 22.6 Å². The molecule has 4 aromatic rings. The molecule has 0 spiro atoms. The summed E-state index contributed by atoms with van der Waals surface area (Å²) >= 11 is 6.73. The van der Waals surface area contributed by atoms with Gasteiger partial charge in [-0.3, -0.25) is 18.9 Å². The third-order valence-corrected chi connectivity index (χ3v) is 7.83. The molecule has 1 aliphatic rings. The average Bonchev–Trinajstić information content (AvgIpc) is 3.22. The smallest absolute Gasteiger partial charge is 0.267 e. The number of carbonyl (C=O) groups excluding carboxylic acids is 1. The molecule has 2 N–H and O–H groups in total. The summed E-state index contributed by atoms with van der Waals surface area (Å²) in [5, 5.41) is 13.8. The topological polar surface area (TPSA) is 86.9 Å². The van der Waals surface area contributed by atoms with Crippen LogP contribution < -0.4 is 10.9 Å². The highest BCUT2D eigenvalue weighted by Crippen LogP contribution is 2.38. The number of aromatic nitrogens is 2. The van der Waals surface area contributed by atoms with Crippen molar-refractivity contribution in [3.05, 3.63) is 117 Å². The van der Waals surface area contributed by atoms with Gasteiger partial charge in [-0.1, -0.05) is 90.7 Å². The normalized spacial score (nSPS) is 16.3. The molecule has 2 aromatic carbocycles. The zero-order valence-electron chi connectivity index (χ0n) is 20.9. The largest absolute Gasteiger partial charge is 0.387 e. The van der Waals surface area contributed by atoms with Gasteiger partial charge < -0.3 is 10.4 Å². The fraction of sp³-hybridized carbons (Fsp3) is 0.172. The molecule has 9 heteroatoms. The highest BCUT2D eigenvalue weighted by Gasteiger charge is 2.36. The number of aryl methyl sites for hydroxylation is 1. The van der Waals surface area contributed by atoms with Crippen molar-refractivity contribution in [2.24, 2.45) is 0 Å². The Hall–Kier alpha value is -3.79. The number of rotatable bonds is 7. The molecule has 0 saturated carbocycles. The second kappa shape index (κ2) is 10.9. The molecule has 2 atom stereocenters. The van der Waals surface area contributed by atoms with Crippen LogP contribution in [0, 0.1) is 6.92 Å². The first-order chi connectivity index (χ1) is 18.3. The van der Waals surface area contributed by atoms with E-state index in [1.807, 2.05) is 80.6 Å². The highest BCUT2D eigenvalue weighted by molar-refractivity contribution is 8.26. The van der Waals surface area contributed by atoms with E-state index in [1.165, 1.54) is 4.40 Å². The third-order valence-electron chi connectivity index (χ3n) is 6.50. The van der Waals surface area contributed by atoms with Gasteiger partial charge in [-0.15, -0.1) is 0 Å². The number of aliphatic hydroxyl groups is 1. The number of benzene rings is 2. The highest BCUT2D eigenvalue weighted by atomic mass is 32.2.